The summed E-state index contributed by atoms with van der Waals surface area (Å²) < 4.78 is 0.865. The minimum absolute atomic E-state index is 0.370. The molecule has 14 heavy (non-hydrogen) atoms. The number of aromatic amines is 1. The first-order chi connectivity index (χ1) is 6.45. The van der Waals surface area contributed by atoms with E-state index in [0.29, 0.717) is 0 Å². The molecule has 0 saturated carbocycles. The van der Waals surface area contributed by atoms with Crippen molar-refractivity contribution in [2.75, 3.05) is 0 Å². The van der Waals surface area contributed by atoms with Gasteiger partial charge in [0.1, 0.15) is 5.56 Å². The monoisotopic (exact) mass is 198 g/mol. The van der Waals surface area contributed by atoms with Crippen molar-refractivity contribution in [2.24, 2.45) is 0 Å². The molecule has 1 aromatic heterocycles. The van der Waals surface area contributed by atoms with Crippen LogP contribution in [-0.2, 0) is 0 Å². The Balaban J connectivity index is 3.58. The molecule has 0 aliphatic heterocycles. The smallest absolute Gasteiger partial charge is 0.342 e. The molecule has 0 aliphatic carbocycles. The van der Waals surface area contributed by atoms with E-state index in [0.717, 1.165) is 10.8 Å². The number of nitrogens with one attached hydrogen (secondary N) is 1. The van der Waals surface area contributed by atoms with Crippen LogP contribution in [0.5, 0.6) is 0 Å². The molecule has 0 aliphatic rings. The zero-order chi connectivity index (χ0) is 10.9. The summed E-state index contributed by atoms with van der Waals surface area (Å²) in [5.74, 6) is -1.35. The number of nitrogens with zero attached hydrogens (tertiary/aromatic N) is 1. The predicted octanol–water partition coefficient (Wildman–Crippen LogP) is -0.184. The first-order valence-corrected chi connectivity index (χ1v) is 4.02. The standard InChI is InChI=1S/C8H10N2O4/c1-4(2)10-6(11)5(7(12)13)3-9-8(10)14/h3-4H,1-2H3,(H,9,14)(H,12,13). The second-order valence-corrected chi connectivity index (χ2v) is 3.08. The molecule has 0 fully saturated rings. The summed E-state index contributed by atoms with van der Waals surface area (Å²) in [5, 5.41) is 8.63. The topological polar surface area (TPSA) is 92.2 Å². The minimum atomic E-state index is -1.35. The zero-order valence-corrected chi connectivity index (χ0v) is 7.77. The Hall–Kier alpha value is -1.85. The average molecular weight is 198 g/mol. The van der Waals surface area contributed by atoms with Gasteiger partial charge in [-0.05, 0) is 13.8 Å². The summed E-state index contributed by atoms with van der Waals surface area (Å²) in [6, 6.07) is -0.370. The number of carboxylic acid groups (broad SMARTS) is 1. The van der Waals surface area contributed by atoms with E-state index in [9.17, 15) is 14.4 Å². The van der Waals surface area contributed by atoms with Crippen molar-refractivity contribution >= 4 is 5.97 Å². The summed E-state index contributed by atoms with van der Waals surface area (Å²) in [7, 11) is 0. The van der Waals surface area contributed by atoms with Gasteiger partial charge in [-0.2, -0.15) is 0 Å². The van der Waals surface area contributed by atoms with Crippen LogP contribution in [0.15, 0.2) is 15.8 Å². The van der Waals surface area contributed by atoms with Gasteiger partial charge in [0.15, 0.2) is 0 Å². The Labute approximate surface area is 78.8 Å². The fourth-order valence-corrected chi connectivity index (χ4v) is 1.11. The van der Waals surface area contributed by atoms with E-state index in [1.165, 1.54) is 0 Å². The lowest BCUT2D eigenvalue weighted by Crippen LogP contribution is -2.39. The van der Waals surface area contributed by atoms with Crippen LogP contribution in [-0.4, -0.2) is 20.6 Å². The molecule has 0 unspecified atom stereocenters. The van der Waals surface area contributed by atoms with Gasteiger partial charge in [-0.25, -0.2) is 9.59 Å². The zero-order valence-electron chi connectivity index (χ0n) is 7.77. The number of hydrogen-bond acceptors (Lipinski definition) is 3. The maximum Gasteiger partial charge on any atom is 0.342 e. The van der Waals surface area contributed by atoms with Crippen molar-refractivity contribution in [1.29, 1.82) is 0 Å². The van der Waals surface area contributed by atoms with Gasteiger partial charge in [0.2, 0.25) is 0 Å². The molecule has 0 amide bonds. The number of aromatic nitrogens is 2. The maximum atomic E-state index is 11.4. The first kappa shape index (κ1) is 10.2. The van der Waals surface area contributed by atoms with E-state index < -0.39 is 22.8 Å². The van der Waals surface area contributed by atoms with Crippen LogP contribution in [0.2, 0.25) is 0 Å². The van der Waals surface area contributed by atoms with E-state index >= 15 is 0 Å². The second-order valence-electron chi connectivity index (χ2n) is 3.08. The van der Waals surface area contributed by atoms with Gasteiger partial charge in [-0.15, -0.1) is 0 Å². The molecule has 1 rings (SSSR count). The maximum absolute atomic E-state index is 11.4. The van der Waals surface area contributed by atoms with Crippen LogP contribution in [0.3, 0.4) is 0 Å². The van der Waals surface area contributed by atoms with Crippen molar-refractivity contribution in [3.63, 3.8) is 0 Å². The highest BCUT2D eigenvalue weighted by atomic mass is 16.4. The molecule has 6 heteroatoms. The number of hydrogen-bond donors (Lipinski definition) is 2. The molecule has 1 heterocycles. The van der Waals surface area contributed by atoms with Gasteiger partial charge in [0.05, 0.1) is 0 Å². The van der Waals surface area contributed by atoms with E-state index in [1.807, 2.05) is 0 Å². The molecule has 0 saturated heterocycles. The molecule has 1 aromatic rings. The summed E-state index contributed by atoms with van der Waals surface area (Å²) >= 11 is 0. The SMILES string of the molecule is CC(C)n1c(=O)[nH]cc(C(=O)O)c1=O. The van der Waals surface area contributed by atoms with Crippen molar-refractivity contribution in [2.45, 2.75) is 19.9 Å². The molecular weight excluding hydrogens is 188 g/mol. The molecule has 0 atom stereocenters. The Morgan fingerprint density at radius 2 is 2.07 bits per heavy atom. The molecule has 76 valence electrons. The highest BCUT2D eigenvalue weighted by molar-refractivity contribution is 5.86. The lowest BCUT2D eigenvalue weighted by atomic mass is 10.3. The second kappa shape index (κ2) is 3.49. The summed E-state index contributed by atoms with van der Waals surface area (Å²) in [6.07, 6.45) is 0.909. The number of H-pyrrole nitrogens is 1. The summed E-state index contributed by atoms with van der Waals surface area (Å²) in [6.45, 7) is 3.25. The molecule has 2 N–H and O–H groups in total. The average Bonchev–Trinajstić information content (AvgIpc) is 2.02. The van der Waals surface area contributed by atoms with Crippen molar-refractivity contribution in [3.05, 3.63) is 32.6 Å². The number of carbonyl (C=O) groups is 1. The van der Waals surface area contributed by atoms with E-state index in [2.05, 4.69) is 4.98 Å². The van der Waals surface area contributed by atoms with Crippen LogP contribution in [0.25, 0.3) is 0 Å². The van der Waals surface area contributed by atoms with Crippen LogP contribution in [0.1, 0.15) is 30.2 Å². The van der Waals surface area contributed by atoms with Gasteiger partial charge in [-0.3, -0.25) is 9.36 Å². The lowest BCUT2D eigenvalue weighted by Gasteiger charge is -2.07. The molecular formula is C8H10N2O4. The summed E-state index contributed by atoms with van der Waals surface area (Å²) in [4.78, 5) is 35.4. The van der Waals surface area contributed by atoms with Crippen LogP contribution in [0, 0.1) is 0 Å². The minimum Gasteiger partial charge on any atom is -0.477 e. The Morgan fingerprint density at radius 1 is 1.50 bits per heavy atom. The van der Waals surface area contributed by atoms with E-state index in [1.54, 1.807) is 13.8 Å². The van der Waals surface area contributed by atoms with Gasteiger partial charge in [0.25, 0.3) is 5.56 Å². The quantitative estimate of drug-likeness (QED) is 0.689. The third-order valence-electron chi connectivity index (χ3n) is 1.75. The molecule has 0 bridgehead atoms. The number of carboxylic acids is 1. The fourth-order valence-electron chi connectivity index (χ4n) is 1.11. The molecule has 0 aromatic carbocycles. The van der Waals surface area contributed by atoms with Crippen LogP contribution in [0.4, 0.5) is 0 Å². The third kappa shape index (κ3) is 1.59. The first-order valence-electron chi connectivity index (χ1n) is 4.02. The lowest BCUT2D eigenvalue weighted by molar-refractivity contribution is 0.0693. The normalized spacial score (nSPS) is 10.5. The largest absolute Gasteiger partial charge is 0.477 e. The van der Waals surface area contributed by atoms with Gasteiger partial charge in [0, 0.05) is 12.2 Å². The van der Waals surface area contributed by atoms with Gasteiger partial charge >= 0.3 is 11.7 Å². The molecule has 6 nitrogen and oxygen atoms in total. The van der Waals surface area contributed by atoms with Crippen LogP contribution < -0.4 is 11.2 Å². The van der Waals surface area contributed by atoms with Crippen molar-refractivity contribution in [1.82, 2.24) is 9.55 Å². The molecule has 0 spiro atoms. The van der Waals surface area contributed by atoms with Gasteiger partial charge in [-0.1, -0.05) is 0 Å². The number of rotatable bonds is 2. The van der Waals surface area contributed by atoms with Gasteiger partial charge < -0.3 is 10.1 Å². The van der Waals surface area contributed by atoms with E-state index in [4.69, 9.17) is 5.11 Å². The predicted molar refractivity (Wildman–Crippen MR) is 48.7 cm³/mol. The fraction of sp³-hybridized carbons (Fsp3) is 0.375. The number of aromatic carboxylic acids is 1. The van der Waals surface area contributed by atoms with E-state index in [-0.39, 0.29) is 6.04 Å². The third-order valence-corrected chi connectivity index (χ3v) is 1.75. The summed E-state index contributed by atoms with van der Waals surface area (Å²) in [5.41, 5.74) is -1.82. The Morgan fingerprint density at radius 3 is 2.50 bits per heavy atom. The van der Waals surface area contributed by atoms with Crippen molar-refractivity contribution in [3.8, 4) is 0 Å². The highest BCUT2D eigenvalue weighted by Crippen LogP contribution is 1.95. The Bertz CT molecular complexity index is 469. The Kier molecular flexibility index (Phi) is 2.55. The van der Waals surface area contributed by atoms with Crippen molar-refractivity contribution < 1.29 is 9.90 Å². The van der Waals surface area contributed by atoms with Crippen LogP contribution >= 0.6 is 0 Å². The molecule has 0 radical (unpaired) electrons. The highest BCUT2D eigenvalue weighted by Gasteiger charge is 2.14.